The first-order valence-electron chi connectivity index (χ1n) is 16.5. The van der Waals surface area contributed by atoms with Crippen molar-refractivity contribution in [3.8, 4) is 5.75 Å². The summed E-state index contributed by atoms with van der Waals surface area (Å²) in [4.78, 5) is 55.5. The van der Waals surface area contributed by atoms with Gasteiger partial charge in [0.05, 0.1) is 25.3 Å². The van der Waals surface area contributed by atoms with Crippen molar-refractivity contribution in [3.05, 3.63) is 46.5 Å². The van der Waals surface area contributed by atoms with Crippen LogP contribution in [0.2, 0.25) is 5.02 Å². The maximum Gasteiger partial charge on any atom is 0.409 e. The Labute approximate surface area is 297 Å². The van der Waals surface area contributed by atoms with Gasteiger partial charge in [-0.25, -0.2) is 9.59 Å². The summed E-state index contributed by atoms with van der Waals surface area (Å²) in [5, 5.41) is 14.4. The molecule has 3 amide bonds. The van der Waals surface area contributed by atoms with Gasteiger partial charge in [0.15, 0.2) is 5.72 Å². The van der Waals surface area contributed by atoms with Crippen molar-refractivity contribution >= 4 is 41.2 Å². The van der Waals surface area contributed by atoms with Gasteiger partial charge in [0, 0.05) is 46.5 Å². The predicted molar refractivity (Wildman–Crippen MR) is 185 cm³/mol. The zero-order valence-corrected chi connectivity index (χ0v) is 30.6. The van der Waals surface area contributed by atoms with Gasteiger partial charge in [0.25, 0.3) is 0 Å². The highest BCUT2D eigenvalue weighted by Gasteiger charge is 2.64. The zero-order valence-electron chi connectivity index (χ0n) is 29.9. The minimum atomic E-state index is -1.82. The highest BCUT2D eigenvalue weighted by Crippen LogP contribution is 2.49. The molecular weight excluding hydrogens is 672 g/mol. The summed E-state index contributed by atoms with van der Waals surface area (Å²) in [5.41, 5.74) is 4.62. The number of nitrogens with one attached hydrogen (secondary N) is 1. The number of amides is 3. The van der Waals surface area contributed by atoms with Crippen LogP contribution in [0.25, 0.3) is 0 Å². The third-order valence-electron chi connectivity index (χ3n) is 9.88. The number of hydrogen-bond acceptors (Lipinski definition) is 11. The number of rotatable bonds is 7. The number of methoxy groups -OCH3 is 2. The van der Waals surface area contributed by atoms with Crippen LogP contribution in [0.15, 0.2) is 35.9 Å². The van der Waals surface area contributed by atoms with Crippen molar-refractivity contribution in [1.29, 1.82) is 0 Å². The van der Waals surface area contributed by atoms with E-state index in [1.807, 2.05) is 13.0 Å². The summed E-state index contributed by atoms with van der Waals surface area (Å²) in [7, 11) is 5.95. The maximum absolute atomic E-state index is 14.0. The van der Waals surface area contributed by atoms with E-state index in [1.54, 1.807) is 45.2 Å². The van der Waals surface area contributed by atoms with E-state index in [0.29, 0.717) is 17.9 Å². The molecule has 50 heavy (non-hydrogen) atoms. The average molecular weight is 721 g/mol. The largest absolute Gasteiger partial charge is 0.495 e. The van der Waals surface area contributed by atoms with Crippen molar-refractivity contribution in [3.63, 3.8) is 0 Å². The van der Waals surface area contributed by atoms with Crippen molar-refractivity contribution in [2.45, 2.75) is 95.2 Å². The quantitative estimate of drug-likeness (QED) is 0.278. The van der Waals surface area contributed by atoms with E-state index in [4.69, 9.17) is 41.0 Å². The Bertz CT molecular complexity index is 1540. The number of benzene rings is 1. The Kier molecular flexibility index (Phi) is 12.3. The number of alkyl carbamates (subject to hydrolysis) is 1. The highest BCUT2D eigenvalue weighted by atomic mass is 35.5. The Balaban J connectivity index is 1.78. The lowest BCUT2D eigenvalue weighted by molar-refractivity contribution is -0.162. The summed E-state index contributed by atoms with van der Waals surface area (Å²) in [6.45, 7) is 7.05. The number of fused-ring (bicyclic) bond motifs is 5. The average Bonchev–Trinajstić information content (AvgIpc) is 3.76. The first-order valence-corrected chi connectivity index (χ1v) is 16.9. The number of halogens is 1. The fourth-order valence-electron chi connectivity index (χ4n) is 6.52. The molecule has 3 aliphatic heterocycles. The smallest absolute Gasteiger partial charge is 0.409 e. The predicted octanol–water partition coefficient (Wildman–Crippen LogP) is 2.86. The van der Waals surface area contributed by atoms with E-state index in [1.165, 1.54) is 38.0 Å². The topological polar surface area (TPSA) is 182 Å². The number of nitrogens with zero attached hydrogens (tertiary/aromatic N) is 2. The van der Waals surface area contributed by atoms with Gasteiger partial charge in [-0.1, -0.05) is 42.3 Å². The molecule has 276 valence electrons. The molecular formula is C35H49ClN4O10. The van der Waals surface area contributed by atoms with Gasteiger partial charge < -0.3 is 44.3 Å². The van der Waals surface area contributed by atoms with Crippen LogP contribution in [-0.2, 0) is 39.8 Å². The second kappa shape index (κ2) is 15.7. The lowest BCUT2D eigenvalue weighted by Gasteiger charge is -2.42. The number of carbonyl (C=O) groups excluding carboxylic acids is 4. The maximum atomic E-state index is 14.0. The molecule has 1 aromatic rings. The molecule has 4 rings (SSSR count). The van der Waals surface area contributed by atoms with Crippen LogP contribution in [0, 0.1) is 5.92 Å². The first-order chi connectivity index (χ1) is 23.5. The summed E-state index contributed by atoms with van der Waals surface area (Å²) >= 11 is 6.73. The molecule has 0 aliphatic carbocycles. The second-order valence-corrected chi connectivity index (χ2v) is 13.8. The summed E-state index contributed by atoms with van der Waals surface area (Å²) < 4.78 is 29.0. The molecule has 15 heteroatoms. The molecule has 0 saturated carbocycles. The van der Waals surface area contributed by atoms with E-state index in [2.05, 4.69) is 5.32 Å². The second-order valence-electron chi connectivity index (χ2n) is 13.4. The van der Waals surface area contributed by atoms with Gasteiger partial charge in [0.1, 0.15) is 40.7 Å². The molecule has 1 aromatic carbocycles. The SMILES string of the molecule is COc1cc2cc(c1Cl)N(C)C(=O)CC(OC(=O)[C@H](C)N(C)C(=O)CCN)[C@]1(C)O[C@H]1[C@H](C)[C@@H]1C[C@@](O)(NC(=O)O1)[C@H](OC)/C=C/C=C(\C)C2. The van der Waals surface area contributed by atoms with Gasteiger partial charge in [0.2, 0.25) is 11.8 Å². The molecule has 14 nitrogen and oxygen atoms in total. The van der Waals surface area contributed by atoms with Crippen molar-refractivity contribution in [2.24, 2.45) is 11.7 Å². The van der Waals surface area contributed by atoms with E-state index in [0.717, 1.165) is 11.1 Å². The first kappa shape index (κ1) is 39.1. The van der Waals surface area contributed by atoms with Gasteiger partial charge in [-0.2, -0.15) is 0 Å². The molecule has 0 spiro atoms. The number of ether oxygens (including phenoxy) is 5. The van der Waals surface area contributed by atoms with Crippen LogP contribution in [0.1, 0.15) is 52.5 Å². The molecule has 3 aliphatic rings. The minimum Gasteiger partial charge on any atom is -0.495 e. The van der Waals surface area contributed by atoms with Crippen molar-refractivity contribution in [1.82, 2.24) is 10.2 Å². The van der Waals surface area contributed by atoms with Crippen molar-refractivity contribution < 1.29 is 48.0 Å². The minimum absolute atomic E-state index is 0.0425. The number of hydrogen-bond donors (Lipinski definition) is 3. The Hall–Kier alpha value is -3.69. The van der Waals surface area contributed by atoms with E-state index < -0.39 is 65.7 Å². The van der Waals surface area contributed by atoms with Crippen molar-refractivity contribution in [2.75, 3.05) is 39.8 Å². The number of likely N-dealkylation sites (N-methyl/N-ethyl adjacent to an activating group) is 1. The van der Waals surface area contributed by atoms with Crippen LogP contribution < -0.4 is 20.7 Å². The highest BCUT2D eigenvalue weighted by molar-refractivity contribution is 6.35. The molecule has 2 saturated heterocycles. The van der Waals surface area contributed by atoms with Crippen LogP contribution >= 0.6 is 11.6 Å². The number of carbonyl (C=O) groups is 4. The molecule has 4 N–H and O–H groups in total. The third-order valence-corrected chi connectivity index (χ3v) is 10.3. The van der Waals surface area contributed by atoms with Crippen LogP contribution in [-0.4, -0.2) is 111 Å². The molecule has 8 atom stereocenters. The fraction of sp³-hybridized carbons (Fsp3) is 0.600. The number of allylic oxidation sites excluding steroid dienone is 3. The third kappa shape index (κ3) is 8.26. The monoisotopic (exact) mass is 720 g/mol. The summed E-state index contributed by atoms with van der Waals surface area (Å²) in [6, 6.07) is 2.57. The molecule has 0 aromatic heterocycles. The van der Waals surface area contributed by atoms with Gasteiger partial charge in [-0.3, -0.25) is 14.9 Å². The number of aliphatic hydroxyl groups is 1. The lowest BCUT2D eigenvalue weighted by Crippen LogP contribution is -2.63. The summed E-state index contributed by atoms with van der Waals surface area (Å²) in [5.74, 6) is -1.69. The molecule has 3 heterocycles. The van der Waals surface area contributed by atoms with E-state index in [9.17, 15) is 24.3 Å². The normalized spacial score (nSPS) is 32.3. The van der Waals surface area contributed by atoms with E-state index in [-0.39, 0.29) is 36.7 Å². The van der Waals surface area contributed by atoms with Gasteiger partial charge in [-0.05, 0) is 44.9 Å². The zero-order chi connectivity index (χ0) is 37.1. The number of esters is 1. The summed E-state index contributed by atoms with van der Waals surface area (Å²) in [6.07, 6.45) is 0.948. The lowest BCUT2D eigenvalue weighted by atomic mass is 9.83. The Morgan fingerprint density at radius 1 is 1.28 bits per heavy atom. The van der Waals surface area contributed by atoms with Crippen LogP contribution in [0.5, 0.6) is 5.75 Å². The molecule has 2 fully saturated rings. The molecule has 1 unspecified atom stereocenters. The molecule has 4 bridgehead atoms. The van der Waals surface area contributed by atoms with Crippen LogP contribution in [0.3, 0.4) is 0 Å². The Morgan fingerprint density at radius 2 is 1.98 bits per heavy atom. The number of nitrogens with two attached hydrogens (primary N) is 1. The van der Waals surface area contributed by atoms with E-state index >= 15 is 0 Å². The Morgan fingerprint density at radius 3 is 2.62 bits per heavy atom. The standard InChI is InChI=1S/C35H49ClN4O10/c1-19-10-9-11-26(47-8)35(45)18-25(48-33(44)38-35)20(2)31-34(4,50-31)27(49-32(43)21(3)39(5)28(41)12-13-37)17-29(42)40(6)23-15-22(14-19)16-24(46-7)30(23)36/h9-11,15-16,20-21,25-27,31,45H,12-14,17-18,37H2,1-8H3,(H,38,44)/b11-9+,19-10+/t20-,21+,25+,26-,27?,31+,34+,35+/m1/s1. The number of anilines is 1. The van der Waals surface area contributed by atoms with Crippen LogP contribution in [0.4, 0.5) is 10.5 Å². The van der Waals surface area contributed by atoms with Gasteiger partial charge in [-0.15, -0.1) is 0 Å². The fourth-order valence-corrected chi connectivity index (χ4v) is 6.83. The molecule has 0 radical (unpaired) electrons. The van der Waals surface area contributed by atoms with Gasteiger partial charge >= 0.3 is 12.1 Å². The number of epoxide rings is 1.